The summed E-state index contributed by atoms with van der Waals surface area (Å²) in [5.41, 5.74) is 3.09. The quantitative estimate of drug-likeness (QED) is 0.276. The van der Waals surface area contributed by atoms with Crippen LogP contribution in [0.15, 0.2) is 47.6 Å². The standard InChI is InChI=1S/C26H33N3O5/c1-7-19(5)28-22-16-21(12-11-18(22)4)25(31)29(23-10-8-9-14-27-23)15-13-24(30)33-20(6)34-26(32)17(2)3/h8-12,14,16-17,20H,7,13,15H2,1-6H3. The first kappa shape index (κ1) is 26.7. The third kappa shape index (κ3) is 7.79. The predicted molar refractivity (Wildman–Crippen MR) is 131 cm³/mol. The summed E-state index contributed by atoms with van der Waals surface area (Å²) in [6.07, 6.45) is 1.28. The number of hydrogen-bond acceptors (Lipinski definition) is 7. The molecule has 0 saturated carbocycles. The first-order valence-corrected chi connectivity index (χ1v) is 11.4. The molecule has 1 amide bonds. The van der Waals surface area contributed by atoms with E-state index in [4.69, 9.17) is 9.47 Å². The first-order valence-electron chi connectivity index (χ1n) is 11.4. The Balaban J connectivity index is 2.20. The number of esters is 2. The Hall–Kier alpha value is -3.55. The van der Waals surface area contributed by atoms with Crippen LogP contribution in [0.4, 0.5) is 11.5 Å². The summed E-state index contributed by atoms with van der Waals surface area (Å²) in [7, 11) is 0. The molecule has 0 saturated heterocycles. The summed E-state index contributed by atoms with van der Waals surface area (Å²) < 4.78 is 10.2. The number of ether oxygens (including phenoxy) is 2. The number of carbonyl (C=O) groups excluding carboxylic acids is 3. The third-order valence-electron chi connectivity index (χ3n) is 5.04. The Morgan fingerprint density at radius 1 is 1.09 bits per heavy atom. The number of aryl methyl sites for hydroxylation is 1. The Morgan fingerprint density at radius 2 is 1.82 bits per heavy atom. The van der Waals surface area contributed by atoms with Gasteiger partial charge in [0.15, 0.2) is 0 Å². The lowest BCUT2D eigenvalue weighted by atomic mass is 10.1. The van der Waals surface area contributed by atoms with Crippen molar-refractivity contribution in [2.45, 2.75) is 60.7 Å². The highest BCUT2D eigenvalue weighted by Gasteiger charge is 2.22. The minimum absolute atomic E-state index is 0.0417. The van der Waals surface area contributed by atoms with Crippen LogP contribution in [0.1, 0.15) is 63.4 Å². The van der Waals surface area contributed by atoms with E-state index in [-0.39, 0.29) is 24.8 Å². The molecular weight excluding hydrogens is 434 g/mol. The van der Waals surface area contributed by atoms with Crippen LogP contribution in [0.5, 0.6) is 0 Å². The van der Waals surface area contributed by atoms with Crippen LogP contribution in [0, 0.1) is 12.8 Å². The van der Waals surface area contributed by atoms with Crippen molar-refractivity contribution in [2.24, 2.45) is 10.9 Å². The Bertz CT molecular complexity index is 1030. The highest BCUT2D eigenvalue weighted by molar-refractivity contribution is 6.06. The van der Waals surface area contributed by atoms with E-state index in [0.29, 0.717) is 11.4 Å². The van der Waals surface area contributed by atoms with E-state index < -0.39 is 18.2 Å². The number of rotatable bonds is 10. The molecule has 2 rings (SSSR count). The minimum atomic E-state index is -1.01. The molecule has 2 aromatic rings. The van der Waals surface area contributed by atoms with Crippen LogP contribution in [-0.2, 0) is 19.1 Å². The van der Waals surface area contributed by atoms with Gasteiger partial charge in [0.25, 0.3) is 5.91 Å². The molecule has 1 aromatic heterocycles. The second-order valence-corrected chi connectivity index (χ2v) is 8.25. The van der Waals surface area contributed by atoms with Crippen LogP contribution in [-0.4, -0.2) is 41.4 Å². The molecule has 8 nitrogen and oxygen atoms in total. The van der Waals surface area contributed by atoms with Crippen LogP contribution in [0.2, 0.25) is 0 Å². The van der Waals surface area contributed by atoms with Crippen LogP contribution in [0.25, 0.3) is 0 Å². The number of anilines is 1. The molecule has 0 spiro atoms. The summed E-state index contributed by atoms with van der Waals surface area (Å²) in [6.45, 7) is 10.8. The fourth-order valence-electron chi connectivity index (χ4n) is 2.91. The average Bonchev–Trinajstić information content (AvgIpc) is 2.80. The molecular formula is C26H33N3O5. The van der Waals surface area contributed by atoms with Gasteiger partial charge in [0.1, 0.15) is 5.82 Å². The van der Waals surface area contributed by atoms with Gasteiger partial charge in [-0.05, 0) is 50.1 Å². The van der Waals surface area contributed by atoms with E-state index in [1.807, 2.05) is 26.8 Å². The van der Waals surface area contributed by atoms with Gasteiger partial charge in [0, 0.05) is 30.9 Å². The van der Waals surface area contributed by atoms with E-state index in [9.17, 15) is 14.4 Å². The van der Waals surface area contributed by atoms with Crippen molar-refractivity contribution in [3.8, 4) is 0 Å². The second-order valence-electron chi connectivity index (χ2n) is 8.25. The van der Waals surface area contributed by atoms with Gasteiger partial charge in [0.2, 0.25) is 6.29 Å². The van der Waals surface area contributed by atoms with Crippen LogP contribution in [0.3, 0.4) is 0 Å². The smallest absolute Gasteiger partial charge is 0.311 e. The Kier molecular flexibility index (Phi) is 9.92. The number of benzene rings is 1. The van der Waals surface area contributed by atoms with E-state index in [1.54, 1.807) is 50.4 Å². The fourth-order valence-corrected chi connectivity index (χ4v) is 2.91. The Labute approximate surface area is 201 Å². The fraction of sp³-hybridized carbons (Fsp3) is 0.423. The van der Waals surface area contributed by atoms with Gasteiger partial charge in [-0.3, -0.25) is 24.3 Å². The van der Waals surface area contributed by atoms with E-state index in [0.717, 1.165) is 23.4 Å². The molecule has 0 N–H and O–H groups in total. The van der Waals surface area contributed by atoms with Crippen molar-refractivity contribution in [1.82, 2.24) is 4.98 Å². The number of hydrogen-bond donors (Lipinski definition) is 0. The first-order chi connectivity index (χ1) is 16.1. The van der Waals surface area contributed by atoms with Gasteiger partial charge in [-0.1, -0.05) is 32.9 Å². The molecule has 0 aliphatic heterocycles. The number of nitrogens with zero attached hydrogens (tertiary/aromatic N) is 3. The molecule has 182 valence electrons. The summed E-state index contributed by atoms with van der Waals surface area (Å²) in [5.74, 6) is -1.28. The number of aliphatic imine (C=N–C) groups is 1. The van der Waals surface area contributed by atoms with Crippen LogP contribution >= 0.6 is 0 Å². The molecule has 34 heavy (non-hydrogen) atoms. The SMILES string of the molecule is CCC(C)=Nc1cc(C(=O)N(CCC(=O)OC(C)OC(=O)C(C)C)c2ccccn2)ccc1C. The van der Waals surface area contributed by atoms with Crippen molar-refractivity contribution in [1.29, 1.82) is 0 Å². The normalized spacial score (nSPS) is 12.3. The number of aromatic nitrogens is 1. The monoisotopic (exact) mass is 467 g/mol. The van der Waals surface area contributed by atoms with E-state index in [2.05, 4.69) is 9.98 Å². The third-order valence-corrected chi connectivity index (χ3v) is 5.04. The van der Waals surface area contributed by atoms with Gasteiger partial charge in [-0.25, -0.2) is 4.98 Å². The van der Waals surface area contributed by atoms with Crippen molar-refractivity contribution in [3.05, 3.63) is 53.7 Å². The van der Waals surface area contributed by atoms with Crippen molar-refractivity contribution in [2.75, 3.05) is 11.4 Å². The van der Waals surface area contributed by atoms with Gasteiger partial charge in [-0.2, -0.15) is 0 Å². The molecule has 1 atom stereocenters. The second kappa shape index (κ2) is 12.6. The van der Waals surface area contributed by atoms with Crippen molar-refractivity contribution < 1.29 is 23.9 Å². The molecule has 1 heterocycles. The maximum atomic E-state index is 13.4. The lowest BCUT2D eigenvalue weighted by Crippen LogP contribution is -2.34. The molecule has 8 heteroatoms. The molecule has 1 unspecified atom stereocenters. The lowest BCUT2D eigenvalue weighted by molar-refractivity contribution is -0.186. The largest absolute Gasteiger partial charge is 0.425 e. The zero-order chi connectivity index (χ0) is 25.3. The summed E-state index contributed by atoms with van der Waals surface area (Å²) in [4.78, 5) is 47.8. The average molecular weight is 468 g/mol. The van der Waals surface area contributed by atoms with Crippen LogP contribution < -0.4 is 4.90 Å². The van der Waals surface area contributed by atoms with Gasteiger partial charge >= 0.3 is 11.9 Å². The summed E-state index contributed by atoms with van der Waals surface area (Å²) >= 11 is 0. The minimum Gasteiger partial charge on any atom is -0.425 e. The Morgan fingerprint density at radius 3 is 2.44 bits per heavy atom. The lowest BCUT2D eigenvalue weighted by Gasteiger charge is -2.22. The topological polar surface area (TPSA) is 98.2 Å². The van der Waals surface area contributed by atoms with Crippen molar-refractivity contribution >= 4 is 35.1 Å². The van der Waals surface area contributed by atoms with Gasteiger partial charge < -0.3 is 9.47 Å². The highest BCUT2D eigenvalue weighted by atomic mass is 16.7. The number of amides is 1. The maximum Gasteiger partial charge on any atom is 0.311 e. The zero-order valence-corrected chi connectivity index (χ0v) is 20.7. The van der Waals surface area contributed by atoms with Gasteiger partial charge in [-0.15, -0.1) is 0 Å². The summed E-state index contributed by atoms with van der Waals surface area (Å²) in [5, 5.41) is 0. The number of carbonyl (C=O) groups is 3. The maximum absolute atomic E-state index is 13.4. The predicted octanol–water partition coefficient (Wildman–Crippen LogP) is 5.02. The molecule has 0 bridgehead atoms. The van der Waals surface area contributed by atoms with E-state index >= 15 is 0 Å². The molecule has 0 aliphatic rings. The zero-order valence-electron chi connectivity index (χ0n) is 20.7. The van der Waals surface area contributed by atoms with E-state index in [1.165, 1.54) is 11.8 Å². The molecule has 0 fully saturated rings. The number of pyridine rings is 1. The molecule has 0 aliphatic carbocycles. The molecule has 0 radical (unpaired) electrons. The van der Waals surface area contributed by atoms with Gasteiger partial charge in [0.05, 0.1) is 18.0 Å². The molecule has 1 aromatic carbocycles. The highest BCUT2D eigenvalue weighted by Crippen LogP contribution is 2.23. The summed E-state index contributed by atoms with van der Waals surface area (Å²) in [6, 6.07) is 10.6. The van der Waals surface area contributed by atoms with Crippen molar-refractivity contribution in [3.63, 3.8) is 0 Å².